The molecular weight excluding hydrogens is 228 g/mol. The van der Waals surface area contributed by atoms with Crippen LogP contribution < -0.4 is 0 Å². The molecule has 0 aliphatic heterocycles. The predicted octanol–water partition coefficient (Wildman–Crippen LogP) is 6.57. The van der Waals surface area contributed by atoms with Crippen molar-refractivity contribution >= 4 is 0 Å². The van der Waals surface area contributed by atoms with Crippen molar-refractivity contribution in [2.45, 2.75) is 78.6 Å². The quantitative estimate of drug-likeness (QED) is 0.576. The molecule has 0 aromatic heterocycles. The second-order valence-corrected chi connectivity index (χ2v) is 6.44. The monoisotopic (exact) mass is 260 g/mol. The minimum atomic E-state index is 0.709. The van der Waals surface area contributed by atoms with Crippen LogP contribution >= 0.6 is 0 Å². The fourth-order valence-corrected chi connectivity index (χ4v) is 2.78. The van der Waals surface area contributed by atoms with Crippen molar-refractivity contribution in [2.75, 3.05) is 0 Å². The molecule has 1 aliphatic carbocycles. The van der Waals surface area contributed by atoms with E-state index in [-0.39, 0.29) is 0 Å². The van der Waals surface area contributed by atoms with E-state index in [0.717, 1.165) is 5.41 Å². The van der Waals surface area contributed by atoms with Crippen LogP contribution in [0.1, 0.15) is 84.1 Å². The van der Waals surface area contributed by atoms with Gasteiger partial charge in [-0.25, -0.2) is 0 Å². The lowest BCUT2D eigenvalue weighted by molar-refractivity contribution is 0.208. The molecule has 1 aliphatic rings. The van der Waals surface area contributed by atoms with Crippen molar-refractivity contribution in [3.63, 3.8) is 0 Å². The van der Waals surface area contributed by atoms with Crippen LogP contribution in [0.4, 0.5) is 0 Å². The van der Waals surface area contributed by atoms with Gasteiger partial charge in [0.25, 0.3) is 0 Å². The molecule has 0 bridgehead atoms. The first kappa shape index (κ1) is 16.3. The fourth-order valence-electron chi connectivity index (χ4n) is 2.78. The van der Waals surface area contributed by atoms with E-state index >= 15 is 0 Å². The van der Waals surface area contributed by atoms with Gasteiger partial charge in [0.15, 0.2) is 0 Å². The molecule has 0 saturated heterocycles. The first-order valence-electron chi connectivity index (χ1n) is 8.16. The van der Waals surface area contributed by atoms with Crippen LogP contribution in [0.25, 0.3) is 0 Å². The molecular formula is C19H32. The molecule has 0 amide bonds. The number of rotatable bonds is 3. The molecule has 108 valence electrons. The van der Waals surface area contributed by atoms with Gasteiger partial charge in [-0.1, -0.05) is 83.7 Å². The average Bonchev–Trinajstić information content (AvgIpc) is 2.49. The lowest BCUT2D eigenvalue weighted by atomic mass is 9.74. The maximum atomic E-state index is 2.44. The third-order valence-corrected chi connectivity index (χ3v) is 4.90. The molecule has 1 atom stereocenters. The summed E-state index contributed by atoms with van der Waals surface area (Å²) in [6.07, 6.45) is 9.99. The SMILES string of the molecule is CCC(C)c1ccccc1.CCC1(C)CCCCC1. The van der Waals surface area contributed by atoms with E-state index in [1.54, 1.807) is 0 Å². The van der Waals surface area contributed by atoms with Crippen molar-refractivity contribution in [3.05, 3.63) is 35.9 Å². The Hall–Kier alpha value is -0.780. The summed E-state index contributed by atoms with van der Waals surface area (Å²) in [5, 5.41) is 0. The maximum absolute atomic E-state index is 2.44. The number of hydrogen-bond acceptors (Lipinski definition) is 0. The summed E-state index contributed by atoms with van der Waals surface area (Å²) in [4.78, 5) is 0. The Morgan fingerprint density at radius 3 is 2.00 bits per heavy atom. The molecule has 1 saturated carbocycles. The second kappa shape index (κ2) is 8.40. The molecule has 1 fully saturated rings. The van der Waals surface area contributed by atoms with Gasteiger partial charge in [0.05, 0.1) is 0 Å². The highest BCUT2D eigenvalue weighted by Gasteiger charge is 2.23. The van der Waals surface area contributed by atoms with Crippen LogP contribution in [0.2, 0.25) is 0 Å². The Balaban J connectivity index is 0.000000191. The van der Waals surface area contributed by atoms with E-state index < -0.39 is 0 Å². The van der Waals surface area contributed by atoms with Crippen LogP contribution in [-0.4, -0.2) is 0 Å². The zero-order valence-corrected chi connectivity index (χ0v) is 13.4. The number of hydrogen-bond donors (Lipinski definition) is 0. The van der Waals surface area contributed by atoms with Gasteiger partial charge in [-0.15, -0.1) is 0 Å². The molecule has 0 spiro atoms. The summed E-state index contributed by atoms with van der Waals surface area (Å²) < 4.78 is 0. The predicted molar refractivity (Wildman–Crippen MR) is 86.6 cm³/mol. The van der Waals surface area contributed by atoms with Crippen LogP contribution in [0.5, 0.6) is 0 Å². The highest BCUT2D eigenvalue weighted by atomic mass is 14.3. The molecule has 0 nitrogen and oxygen atoms in total. The molecule has 0 heterocycles. The minimum absolute atomic E-state index is 0.709. The van der Waals surface area contributed by atoms with Gasteiger partial charge in [0.1, 0.15) is 0 Å². The van der Waals surface area contributed by atoms with Gasteiger partial charge in [-0.05, 0) is 36.2 Å². The summed E-state index contributed by atoms with van der Waals surface area (Å²) in [6, 6.07) is 10.6. The van der Waals surface area contributed by atoms with E-state index in [9.17, 15) is 0 Å². The molecule has 1 aromatic carbocycles. The van der Waals surface area contributed by atoms with Gasteiger partial charge in [0.2, 0.25) is 0 Å². The zero-order chi connectivity index (χ0) is 14.1. The topological polar surface area (TPSA) is 0 Å². The molecule has 1 unspecified atom stereocenters. The van der Waals surface area contributed by atoms with E-state index in [1.807, 2.05) is 0 Å². The van der Waals surface area contributed by atoms with Gasteiger partial charge < -0.3 is 0 Å². The van der Waals surface area contributed by atoms with Crippen molar-refractivity contribution < 1.29 is 0 Å². The van der Waals surface area contributed by atoms with Crippen molar-refractivity contribution in [2.24, 2.45) is 5.41 Å². The van der Waals surface area contributed by atoms with Crippen LogP contribution in [-0.2, 0) is 0 Å². The second-order valence-electron chi connectivity index (χ2n) is 6.44. The normalized spacial score (nSPS) is 19.2. The van der Waals surface area contributed by atoms with Crippen molar-refractivity contribution in [1.82, 2.24) is 0 Å². The van der Waals surface area contributed by atoms with Gasteiger partial charge in [-0.2, -0.15) is 0 Å². The van der Waals surface area contributed by atoms with E-state index in [2.05, 4.69) is 58.0 Å². The van der Waals surface area contributed by atoms with Crippen LogP contribution in [0.3, 0.4) is 0 Å². The fraction of sp³-hybridized carbons (Fsp3) is 0.684. The Kier molecular flexibility index (Phi) is 7.20. The minimum Gasteiger partial charge on any atom is -0.0649 e. The van der Waals surface area contributed by atoms with Crippen molar-refractivity contribution in [1.29, 1.82) is 0 Å². The molecule has 2 rings (SSSR count). The maximum Gasteiger partial charge on any atom is -0.0193 e. The van der Waals surface area contributed by atoms with Gasteiger partial charge in [0, 0.05) is 0 Å². The lowest BCUT2D eigenvalue weighted by Gasteiger charge is -2.32. The highest BCUT2D eigenvalue weighted by molar-refractivity contribution is 5.18. The first-order valence-corrected chi connectivity index (χ1v) is 8.16. The Morgan fingerprint density at radius 1 is 1.00 bits per heavy atom. The number of benzene rings is 1. The Bertz CT molecular complexity index is 319. The van der Waals surface area contributed by atoms with E-state index in [4.69, 9.17) is 0 Å². The third-order valence-electron chi connectivity index (χ3n) is 4.90. The molecule has 0 radical (unpaired) electrons. The zero-order valence-electron chi connectivity index (χ0n) is 13.4. The summed E-state index contributed by atoms with van der Waals surface area (Å²) >= 11 is 0. The summed E-state index contributed by atoms with van der Waals surface area (Å²) in [5.41, 5.74) is 2.17. The largest absolute Gasteiger partial charge is 0.0649 e. The van der Waals surface area contributed by atoms with Crippen LogP contribution in [0.15, 0.2) is 30.3 Å². The van der Waals surface area contributed by atoms with E-state index in [1.165, 1.54) is 50.5 Å². The molecule has 19 heavy (non-hydrogen) atoms. The Labute approximate surface area is 120 Å². The molecule has 0 heteroatoms. The lowest BCUT2D eigenvalue weighted by Crippen LogP contribution is -2.18. The standard InChI is InChI=1S/C10H14.C9H18/c1-3-9(2)10-7-5-4-6-8-10;1-3-9(2)7-5-4-6-8-9/h4-9H,3H2,1-2H3;3-8H2,1-2H3. The van der Waals surface area contributed by atoms with E-state index in [0.29, 0.717) is 5.92 Å². The van der Waals surface area contributed by atoms with Crippen LogP contribution in [0, 0.1) is 5.41 Å². The average molecular weight is 260 g/mol. The van der Waals surface area contributed by atoms with Crippen molar-refractivity contribution in [3.8, 4) is 0 Å². The highest BCUT2D eigenvalue weighted by Crippen LogP contribution is 2.38. The smallest absolute Gasteiger partial charge is 0.0193 e. The first-order chi connectivity index (χ1) is 9.11. The molecule has 1 aromatic rings. The summed E-state index contributed by atoms with van der Waals surface area (Å²) in [7, 11) is 0. The summed E-state index contributed by atoms with van der Waals surface area (Å²) in [6.45, 7) is 9.24. The third kappa shape index (κ3) is 5.80. The Morgan fingerprint density at radius 2 is 1.58 bits per heavy atom. The van der Waals surface area contributed by atoms with Gasteiger partial charge >= 0.3 is 0 Å². The van der Waals surface area contributed by atoms with Gasteiger partial charge in [-0.3, -0.25) is 0 Å². The summed E-state index contributed by atoms with van der Waals surface area (Å²) in [5.74, 6) is 0.709. The molecule has 0 N–H and O–H groups in total.